The van der Waals surface area contributed by atoms with Crippen LogP contribution in [0.3, 0.4) is 0 Å². The molecule has 1 amide bonds. The second kappa shape index (κ2) is 7.38. The van der Waals surface area contributed by atoms with Crippen molar-refractivity contribution in [3.63, 3.8) is 0 Å². The van der Waals surface area contributed by atoms with E-state index >= 15 is 0 Å². The van der Waals surface area contributed by atoms with Crippen molar-refractivity contribution >= 4 is 5.91 Å². The average molecular weight is 318 g/mol. The van der Waals surface area contributed by atoms with Gasteiger partial charge < -0.3 is 15.4 Å². The van der Waals surface area contributed by atoms with Crippen LogP contribution < -0.4 is 5.73 Å². The van der Waals surface area contributed by atoms with Crippen molar-refractivity contribution in [1.82, 2.24) is 14.8 Å². The molecule has 1 aromatic heterocycles. The minimum atomic E-state index is -0.401. The summed E-state index contributed by atoms with van der Waals surface area (Å²) in [6, 6.07) is 5.99. The van der Waals surface area contributed by atoms with Crippen LogP contribution in [0.2, 0.25) is 0 Å². The highest BCUT2D eigenvalue weighted by Gasteiger charge is 2.42. The molecule has 2 aliphatic rings. The van der Waals surface area contributed by atoms with Gasteiger partial charge in [-0.2, -0.15) is 0 Å². The third kappa shape index (κ3) is 3.71. The SMILES string of the molecule is NCC1(C(=O)N2CCN(Cc3ccccn3)CC2)CCOCC1. The molecule has 3 rings (SSSR count). The number of hydrogen-bond donors (Lipinski definition) is 1. The summed E-state index contributed by atoms with van der Waals surface area (Å²) in [5.74, 6) is 0.223. The van der Waals surface area contributed by atoms with Gasteiger partial charge in [-0.3, -0.25) is 14.7 Å². The number of piperazine rings is 1. The Morgan fingerprint density at radius 3 is 2.57 bits per heavy atom. The lowest BCUT2D eigenvalue weighted by molar-refractivity contribution is -0.149. The maximum Gasteiger partial charge on any atom is 0.230 e. The first-order valence-electron chi connectivity index (χ1n) is 8.43. The fourth-order valence-corrected chi connectivity index (χ4v) is 3.43. The summed E-state index contributed by atoms with van der Waals surface area (Å²) >= 11 is 0. The van der Waals surface area contributed by atoms with Crippen molar-refractivity contribution in [3.8, 4) is 0 Å². The van der Waals surface area contributed by atoms with Crippen molar-refractivity contribution in [1.29, 1.82) is 0 Å². The zero-order chi connectivity index (χ0) is 16.1. The van der Waals surface area contributed by atoms with Gasteiger partial charge in [-0.1, -0.05) is 6.07 Å². The van der Waals surface area contributed by atoms with Crippen LogP contribution in [0.4, 0.5) is 0 Å². The highest BCUT2D eigenvalue weighted by molar-refractivity contribution is 5.83. The summed E-state index contributed by atoms with van der Waals surface area (Å²) in [5.41, 5.74) is 6.63. The van der Waals surface area contributed by atoms with Crippen LogP contribution in [-0.2, 0) is 16.1 Å². The molecule has 6 heteroatoms. The second-order valence-electron chi connectivity index (χ2n) is 6.49. The number of hydrogen-bond acceptors (Lipinski definition) is 5. The van der Waals surface area contributed by atoms with Crippen molar-refractivity contribution < 1.29 is 9.53 Å². The molecule has 23 heavy (non-hydrogen) atoms. The Labute approximate surface area is 137 Å². The maximum atomic E-state index is 12.9. The van der Waals surface area contributed by atoms with E-state index in [0.29, 0.717) is 19.8 Å². The maximum absolute atomic E-state index is 12.9. The van der Waals surface area contributed by atoms with Gasteiger partial charge in [-0.05, 0) is 25.0 Å². The number of aromatic nitrogens is 1. The number of carbonyl (C=O) groups excluding carboxylic acids is 1. The highest BCUT2D eigenvalue weighted by Crippen LogP contribution is 2.32. The number of nitrogens with zero attached hydrogens (tertiary/aromatic N) is 3. The van der Waals surface area contributed by atoms with E-state index < -0.39 is 5.41 Å². The topological polar surface area (TPSA) is 71.7 Å². The number of pyridine rings is 1. The quantitative estimate of drug-likeness (QED) is 0.874. The lowest BCUT2D eigenvalue weighted by atomic mass is 9.78. The van der Waals surface area contributed by atoms with Gasteiger partial charge in [0.05, 0.1) is 11.1 Å². The van der Waals surface area contributed by atoms with Crippen molar-refractivity contribution in [3.05, 3.63) is 30.1 Å². The van der Waals surface area contributed by atoms with Gasteiger partial charge in [0.25, 0.3) is 0 Å². The minimum Gasteiger partial charge on any atom is -0.381 e. The molecule has 0 spiro atoms. The molecule has 6 nitrogen and oxygen atoms in total. The molecule has 0 aromatic carbocycles. The van der Waals surface area contributed by atoms with E-state index in [-0.39, 0.29) is 5.91 Å². The summed E-state index contributed by atoms with van der Waals surface area (Å²) in [4.78, 5) is 21.6. The first-order chi connectivity index (χ1) is 11.2. The van der Waals surface area contributed by atoms with Gasteiger partial charge in [-0.25, -0.2) is 0 Å². The third-order valence-corrected chi connectivity index (χ3v) is 5.07. The zero-order valence-electron chi connectivity index (χ0n) is 13.6. The minimum absolute atomic E-state index is 0.223. The molecule has 0 aliphatic carbocycles. The van der Waals surface area contributed by atoms with Gasteiger partial charge >= 0.3 is 0 Å². The molecule has 2 aliphatic heterocycles. The first-order valence-corrected chi connectivity index (χ1v) is 8.43. The fourth-order valence-electron chi connectivity index (χ4n) is 3.43. The van der Waals surface area contributed by atoms with Gasteiger partial charge in [0, 0.05) is 58.7 Å². The van der Waals surface area contributed by atoms with Crippen LogP contribution in [-0.4, -0.2) is 66.6 Å². The van der Waals surface area contributed by atoms with E-state index in [1.165, 1.54) is 0 Å². The smallest absolute Gasteiger partial charge is 0.230 e. The van der Waals surface area contributed by atoms with Crippen LogP contribution in [0, 0.1) is 5.41 Å². The third-order valence-electron chi connectivity index (χ3n) is 5.07. The second-order valence-corrected chi connectivity index (χ2v) is 6.49. The summed E-state index contributed by atoms with van der Waals surface area (Å²) in [6.07, 6.45) is 3.32. The van der Waals surface area contributed by atoms with Crippen LogP contribution in [0.1, 0.15) is 18.5 Å². The molecular formula is C17H26N4O2. The van der Waals surface area contributed by atoms with Crippen molar-refractivity contribution in [2.24, 2.45) is 11.1 Å². The van der Waals surface area contributed by atoms with Gasteiger partial charge in [-0.15, -0.1) is 0 Å². The van der Waals surface area contributed by atoms with E-state index in [0.717, 1.165) is 51.3 Å². The predicted octanol–water partition coefficient (Wildman–Crippen LogP) is 0.481. The van der Waals surface area contributed by atoms with E-state index in [4.69, 9.17) is 10.5 Å². The summed E-state index contributed by atoms with van der Waals surface area (Å²) in [7, 11) is 0. The number of nitrogens with two attached hydrogens (primary N) is 1. The lowest BCUT2D eigenvalue weighted by Crippen LogP contribution is -2.56. The Hall–Kier alpha value is -1.50. The molecular weight excluding hydrogens is 292 g/mol. The Balaban J connectivity index is 1.55. The Kier molecular flexibility index (Phi) is 5.25. The zero-order valence-corrected chi connectivity index (χ0v) is 13.6. The van der Waals surface area contributed by atoms with Crippen LogP contribution in [0.25, 0.3) is 0 Å². The molecule has 2 fully saturated rings. The standard InChI is InChI=1S/C17H26N4O2/c18-14-17(4-11-23-12-5-17)16(22)21-9-7-20(8-10-21)13-15-3-1-2-6-19-15/h1-3,6H,4-5,7-14,18H2. The molecule has 0 unspecified atom stereocenters. The fraction of sp³-hybridized carbons (Fsp3) is 0.647. The van der Waals surface area contributed by atoms with E-state index in [1.807, 2.05) is 29.3 Å². The van der Waals surface area contributed by atoms with Crippen molar-refractivity contribution in [2.45, 2.75) is 19.4 Å². The highest BCUT2D eigenvalue weighted by atomic mass is 16.5. The molecule has 0 saturated carbocycles. The van der Waals surface area contributed by atoms with E-state index in [1.54, 1.807) is 0 Å². The Bertz CT molecular complexity index is 509. The number of carbonyl (C=O) groups is 1. The van der Waals surface area contributed by atoms with Crippen LogP contribution in [0.5, 0.6) is 0 Å². The van der Waals surface area contributed by atoms with E-state index in [9.17, 15) is 4.79 Å². The lowest BCUT2D eigenvalue weighted by Gasteiger charge is -2.42. The number of rotatable bonds is 4. The summed E-state index contributed by atoms with van der Waals surface area (Å²) in [6.45, 7) is 5.87. The summed E-state index contributed by atoms with van der Waals surface area (Å²) < 4.78 is 5.41. The van der Waals surface area contributed by atoms with Gasteiger partial charge in [0.15, 0.2) is 0 Å². The van der Waals surface area contributed by atoms with Crippen molar-refractivity contribution in [2.75, 3.05) is 45.9 Å². The van der Waals surface area contributed by atoms with Gasteiger partial charge in [0.1, 0.15) is 0 Å². The molecule has 126 valence electrons. The first kappa shape index (κ1) is 16.4. The molecule has 2 N–H and O–H groups in total. The Morgan fingerprint density at radius 2 is 1.96 bits per heavy atom. The van der Waals surface area contributed by atoms with Gasteiger partial charge in [0.2, 0.25) is 5.91 Å². The van der Waals surface area contributed by atoms with E-state index in [2.05, 4.69) is 9.88 Å². The number of ether oxygens (including phenoxy) is 1. The molecule has 2 saturated heterocycles. The monoisotopic (exact) mass is 318 g/mol. The van der Waals surface area contributed by atoms with Crippen LogP contribution in [0.15, 0.2) is 24.4 Å². The average Bonchev–Trinajstić information content (AvgIpc) is 2.63. The molecule has 3 heterocycles. The molecule has 1 aromatic rings. The predicted molar refractivity (Wildman–Crippen MR) is 87.6 cm³/mol. The normalized spacial score (nSPS) is 22.0. The molecule has 0 radical (unpaired) electrons. The number of amides is 1. The summed E-state index contributed by atoms with van der Waals surface area (Å²) in [5, 5.41) is 0. The largest absolute Gasteiger partial charge is 0.381 e. The Morgan fingerprint density at radius 1 is 1.22 bits per heavy atom. The molecule has 0 atom stereocenters. The van der Waals surface area contributed by atoms with Crippen LogP contribution >= 0.6 is 0 Å². The molecule has 0 bridgehead atoms.